The first-order valence-corrected chi connectivity index (χ1v) is 22.4. The molecule has 7 aromatic rings. The van der Waals surface area contributed by atoms with Crippen LogP contribution in [0.2, 0.25) is 5.02 Å². The number of piperazine rings is 1. The van der Waals surface area contributed by atoms with Gasteiger partial charge in [0.1, 0.15) is 53.5 Å². The van der Waals surface area contributed by atoms with E-state index >= 15 is 0 Å². The molecule has 0 aliphatic carbocycles. The topological polar surface area (TPSA) is 141 Å². The number of likely N-dealkylation sites (N-methyl/N-ethyl adjacent to an activating group) is 1. The summed E-state index contributed by atoms with van der Waals surface area (Å²) < 4.78 is 45.8. The van der Waals surface area contributed by atoms with Crippen LogP contribution in [0, 0.1) is 12.7 Å². The quantitative estimate of drug-likeness (QED) is 0.140. The fourth-order valence-corrected chi connectivity index (χ4v) is 9.49. The number of aliphatic carboxylic acids is 1. The zero-order chi connectivity index (χ0) is 45.0. The van der Waals surface area contributed by atoms with Crippen molar-refractivity contribution in [2.75, 3.05) is 53.5 Å². The third-order valence-electron chi connectivity index (χ3n) is 11.6. The lowest BCUT2D eigenvalue weighted by atomic mass is 9.96. The third-order valence-corrected chi connectivity index (χ3v) is 13.2. The first kappa shape index (κ1) is 44.0. The zero-order valence-corrected chi connectivity index (χ0v) is 37.6. The van der Waals surface area contributed by atoms with Crippen LogP contribution in [0.1, 0.15) is 22.4 Å². The molecule has 1 saturated heterocycles. The maximum Gasteiger partial charge on any atom is 0.345 e. The lowest BCUT2D eigenvalue weighted by Gasteiger charge is -2.34. The maximum atomic E-state index is 14.3. The molecule has 4 bridgehead atoms. The van der Waals surface area contributed by atoms with E-state index in [-0.39, 0.29) is 31.3 Å². The number of methoxy groups -OCH3 is 1. The molecule has 0 saturated carbocycles. The summed E-state index contributed by atoms with van der Waals surface area (Å²) in [6.45, 7) is 6.69. The number of ether oxygens (including phenoxy) is 5. The Morgan fingerprint density at radius 3 is 2.57 bits per heavy atom. The van der Waals surface area contributed by atoms with E-state index in [1.165, 1.54) is 29.8 Å². The van der Waals surface area contributed by atoms with Crippen molar-refractivity contribution < 1.29 is 38.0 Å². The molecule has 0 radical (unpaired) electrons. The molecule has 3 aromatic heterocycles. The van der Waals surface area contributed by atoms with Crippen LogP contribution < -0.4 is 18.9 Å². The molecule has 13 nitrogen and oxygen atoms in total. The van der Waals surface area contributed by atoms with Crippen LogP contribution in [0.25, 0.3) is 43.2 Å². The third kappa shape index (κ3) is 9.75. The molecule has 65 heavy (non-hydrogen) atoms. The van der Waals surface area contributed by atoms with Gasteiger partial charge in [-0.25, -0.2) is 29.1 Å². The fraction of sp³-hybridized carbons (Fsp3) is 0.286. The number of thiophene rings is 1. The van der Waals surface area contributed by atoms with E-state index in [0.29, 0.717) is 73.8 Å². The molecule has 10 rings (SSSR count). The van der Waals surface area contributed by atoms with E-state index in [2.05, 4.69) is 31.8 Å². The molecule has 1 fully saturated rings. The molecule has 334 valence electrons. The number of aromatic nitrogens is 4. The van der Waals surface area contributed by atoms with Crippen molar-refractivity contribution in [3.05, 3.63) is 131 Å². The minimum atomic E-state index is -1.44. The molecule has 16 heteroatoms. The molecular formula is C49H46ClFN6O7S. The maximum absolute atomic E-state index is 14.3. The summed E-state index contributed by atoms with van der Waals surface area (Å²) >= 11 is 8.60. The number of fused-ring (bicyclic) bond motifs is 7. The first-order chi connectivity index (χ1) is 31.6. The van der Waals surface area contributed by atoms with E-state index in [0.717, 1.165) is 53.3 Å². The molecule has 0 spiro atoms. The highest BCUT2D eigenvalue weighted by Gasteiger charge is 2.30. The summed E-state index contributed by atoms with van der Waals surface area (Å²) in [6, 6.07) is 24.8. The molecular weight excluding hydrogens is 871 g/mol. The van der Waals surface area contributed by atoms with Crippen LogP contribution in [0.5, 0.6) is 23.1 Å². The van der Waals surface area contributed by atoms with Gasteiger partial charge in [-0.2, -0.15) is 0 Å². The van der Waals surface area contributed by atoms with Crippen molar-refractivity contribution in [2.24, 2.45) is 0 Å². The Hall–Kier alpha value is -6.23. The van der Waals surface area contributed by atoms with Crippen LogP contribution in [-0.4, -0.2) is 107 Å². The first-order valence-electron chi connectivity index (χ1n) is 21.2. The van der Waals surface area contributed by atoms with Crippen LogP contribution in [0.4, 0.5) is 4.39 Å². The summed E-state index contributed by atoms with van der Waals surface area (Å²) in [5.74, 6) is 0.374. The summed E-state index contributed by atoms with van der Waals surface area (Å²) in [4.78, 5) is 37.7. The second-order valence-corrected chi connectivity index (χ2v) is 17.4. The van der Waals surface area contributed by atoms with Gasteiger partial charge in [-0.3, -0.25) is 4.90 Å². The molecule has 0 unspecified atom stereocenters. The Bertz CT molecular complexity index is 2840. The van der Waals surface area contributed by atoms with Crippen LogP contribution in [0.3, 0.4) is 0 Å². The highest BCUT2D eigenvalue weighted by Crippen LogP contribution is 2.49. The summed E-state index contributed by atoms with van der Waals surface area (Å²) in [5, 5.41) is 11.7. The van der Waals surface area contributed by atoms with Gasteiger partial charge >= 0.3 is 5.97 Å². The molecule has 1 N–H and O–H groups in total. The second kappa shape index (κ2) is 19.5. The molecule has 6 heterocycles. The van der Waals surface area contributed by atoms with Crippen molar-refractivity contribution in [1.29, 1.82) is 0 Å². The smallest absolute Gasteiger partial charge is 0.345 e. The average molecular weight is 917 g/mol. The number of halogens is 2. The lowest BCUT2D eigenvalue weighted by Crippen LogP contribution is -2.49. The number of hydrogen-bond acceptors (Lipinski definition) is 13. The monoisotopic (exact) mass is 916 g/mol. The van der Waals surface area contributed by atoms with Gasteiger partial charge in [0.2, 0.25) is 12.0 Å². The Kier molecular flexibility index (Phi) is 13.2. The van der Waals surface area contributed by atoms with Crippen molar-refractivity contribution >= 4 is 39.1 Å². The highest BCUT2D eigenvalue weighted by atomic mass is 35.5. The zero-order valence-electron chi connectivity index (χ0n) is 36.0. The molecule has 2 atom stereocenters. The molecule has 4 aromatic carbocycles. The number of carboxylic acids is 1. The number of hydrogen-bond donors (Lipinski definition) is 1. The lowest BCUT2D eigenvalue weighted by molar-refractivity contribution is -0.145. The van der Waals surface area contributed by atoms with Gasteiger partial charge in [0, 0.05) is 74.0 Å². The number of carbonyl (C=O) groups is 1. The largest absolute Gasteiger partial charge is 0.490 e. The van der Waals surface area contributed by atoms with Crippen LogP contribution >= 0.6 is 22.9 Å². The highest BCUT2D eigenvalue weighted by molar-refractivity contribution is 7.22. The summed E-state index contributed by atoms with van der Waals surface area (Å²) in [6.07, 6.45) is 1.02. The van der Waals surface area contributed by atoms with Crippen molar-refractivity contribution in [3.8, 4) is 56.1 Å². The van der Waals surface area contributed by atoms with Crippen molar-refractivity contribution in [2.45, 2.75) is 38.8 Å². The SMILES string of the molecule is COCc1ccccc1-c1nccc(COc2ccc3cc2C[C@H](C(=O)O)Oc2ncnc4sc(-c5ccc(F)cc5)c(c24)-c2ccc(c(Cl)c2C)O[C@H](CN2CCN(C)CC2)CO3)n1. The minimum absolute atomic E-state index is 0.0585. The fourth-order valence-electron chi connectivity index (χ4n) is 8.13. The Balaban J connectivity index is 1.13. The normalized spacial score (nSPS) is 16.9. The van der Waals surface area contributed by atoms with E-state index in [1.54, 1.807) is 49.7 Å². The van der Waals surface area contributed by atoms with Gasteiger partial charge in [0.25, 0.3) is 0 Å². The van der Waals surface area contributed by atoms with Crippen molar-refractivity contribution in [1.82, 2.24) is 29.7 Å². The Morgan fingerprint density at radius 1 is 0.954 bits per heavy atom. The van der Waals surface area contributed by atoms with Gasteiger partial charge in [0.15, 0.2) is 5.82 Å². The molecule has 3 aliphatic rings. The predicted octanol–water partition coefficient (Wildman–Crippen LogP) is 8.77. The van der Waals surface area contributed by atoms with Gasteiger partial charge in [0.05, 0.1) is 22.7 Å². The summed E-state index contributed by atoms with van der Waals surface area (Å²) in [7, 11) is 3.75. The number of benzene rings is 4. The second-order valence-electron chi connectivity index (χ2n) is 16.0. The average Bonchev–Trinajstić information content (AvgIpc) is 3.70. The predicted molar refractivity (Wildman–Crippen MR) is 247 cm³/mol. The minimum Gasteiger partial charge on any atom is -0.490 e. The number of rotatable bonds is 10. The number of nitrogens with zero attached hydrogens (tertiary/aromatic N) is 6. The van der Waals surface area contributed by atoms with E-state index < -0.39 is 18.2 Å². The van der Waals surface area contributed by atoms with Crippen LogP contribution in [0.15, 0.2) is 97.5 Å². The Morgan fingerprint density at radius 2 is 1.77 bits per heavy atom. The van der Waals surface area contributed by atoms with Gasteiger partial charge in [-0.15, -0.1) is 11.3 Å². The molecule has 0 amide bonds. The number of carboxylic acid groups (broad SMARTS) is 1. The standard InChI is InChI=1S/C49H46ClFN6O7S/c1-29-37-13-15-40(44(29)50)63-36(24-57-20-18-56(2)19-21-57)27-61-35-12-14-39(62-26-34-16-17-52-46(55-34)38-7-5-4-6-31(38)25-60-3)32(22-35)23-41(49(58)59)64-47-43-42(37)45(65-48(43)54-28-53-47)30-8-10-33(51)11-9-30/h4-17,22,28,36,41H,18-21,23-27H2,1-3H3,(H,58,59)/t36-,41-/m1/s1. The van der Waals surface area contributed by atoms with Crippen LogP contribution in [-0.2, 0) is 29.2 Å². The van der Waals surface area contributed by atoms with Crippen molar-refractivity contribution in [3.63, 3.8) is 0 Å². The van der Waals surface area contributed by atoms with E-state index in [4.69, 9.17) is 40.3 Å². The van der Waals surface area contributed by atoms with Gasteiger partial charge in [-0.05, 0) is 78.7 Å². The van der Waals surface area contributed by atoms with E-state index in [1.807, 2.05) is 43.3 Å². The van der Waals surface area contributed by atoms with Gasteiger partial charge < -0.3 is 33.7 Å². The Labute approximate surface area is 384 Å². The van der Waals surface area contributed by atoms with Gasteiger partial charge in [-0.1, -0.05) is 54.1 Å². The molecule has 3 aliphatic heterocycles. The van der Waals surface area contributed by atoms with E-state index in [9.17, 15) is 14.3 Å². The summed E-state index contributed by atoms with van der Waals surface area (Å²) in [5.41, 5.74) is 5.76.